The summed E-state index contributed by atoms with van der Waals surface area (Å²) in [6.45, 7) is 2.11. The molecule has 2 amide bonds. The monoisotopic (exact) mass is 404 g/mol. The summed E-state index contributed by atoms with van der Waals surface area (Å²) in [5.74, 6) is -0.159. The highest BCUT2D eigenvalue weighted by molar-refractivity contribution is 6.32. The van der Waals surface area contributed by atoms with Gasteiger partial charge < -0.3 is 9.47 Å². The molecule has 0 saturated carbocycles. The van der Waals surface area contributed by atoms with Crippen molar-refractivity contribution in [2.45, 2.75) is 19.8 Å². The van der Waals surface area contributed by atoms with Crippen LogP contribution >= 0.6 is 11.6 Å². The van der Waals surface area contributed by atoms with Crippen molar-refractivity contribution < 1.29 is 23.9 Å². The average Bonchev–Trinajstić information content (AvgIpc) is 2.70. The van der Waals surface area contributed by atoms with Crippen molar-refractivity contribution in [3.05, 3.63) is 59.1 Å². The maximum Gasteiger partial charge on any atom is 0.276 e. The minimum absolute atomic E-state index is 0.0197. The molecule has 2 aromatic rings. The van der Waals surface area contributed by atoms with E-state index in [4.69, 9.17) is 21.1 Å². The second-order valence-electron chi connectivity index (χ2n) is 5.70. The van der Waals surface area contributed by atoms with E-state index in [1.54, 1.807) is 48.5 Å². The lowest BCUT2D eigenvalue weighted by Gasteiger charge is -2.09. The van der Waals surface area contributed by atoms with Crippen LogP contribution in [0.2, 0.25) is 5.02 Å². The predicted molar refractivity (Wildman–Crippen MR) is 104 cm³/mol. The van der Waals surface area contributed by atoms with Crippen molar-refractivity contribution in [3.8, 4) is 11.5 Å². The first-order chi connectivity index (χ1) is 13.5. The lowest BCUT2D eigenvalue weighted by Crippen LogP contribution is -2.43. The molecular weight excluding hydrogens is 384 g/mol. The fourth-order valence-corrected chi connectivity index (χ4v) is 2.41. The molecular formula is C20H21ClN2O5. The topological polar surface area (TPSA) is 93.7 Å². The summed E-state index contributed by atoms with van der Waals surface area (Å²) < 4.78 is 10.6. The molecule has 2 rings (SSSR count). The summed E-state index contributed by atoms with van der Waals surface area (Å²) in [5, 5.41) is 0.382. The van der Waals surface area contributed by atoms with Crippen LogP contribution in [-0.2, 0) is 9.59 Å². The van der Waals surface area contributed by atoms with Crippen molar-refractivity contribution in [3.63, 3.8) is 0 Å². The van der Waals surface area contributed by atoms with E-state index < -0.39 is 11.8 Å². The Morgan fingerprint density at radius 3 is 2.25 bits per heavy atom. The van der Waals surface area contributed by atoms with Gasteiger partial charge in [-0.3, -0.25) is 25.2 Å². The lowest BCUT2D eigenvalue weighted by atomic mass is 10.1. The number of hydrogen-bond acceptors (Lipinski definition) is 5. The summed E-state index contributed by atoms with van der Waals surface area (Å²) in [6.07, 6.45) is -0.0382. The van der Waals surface area contributed by atoms with Gasteiger partial charge in [0.2, 0.25) is 5.91 Å². The standard InChI is InChI=1S/C20H21ClN2O5/c1-2-27-15-9-7-14(8-10-15)17(24)11-12-19(25)22-23-20(26)13-28-18-6-4-3-5-16(18)21/h3-10H,2,11-13H2,1H3,(H,22,25)(H,23,26). The molecule has 0 aromatic heterocycles. The van der Waals surface area contributed by atoms with Gasteiger partial charge in [0, 0.05) is 18.4 Å². The molecule has 28 heavy (non-hydrogen) atoms. The van der Waals surface area contributed by atoms with Crippen LogP contribution in [-0.4, -0.2) is 30.8 Å². The number of hydrogen-bond donors (Lipinski definition) is 2. The largest absolute Gasteiger partial charge is 0.494 e. The SMILES string of the molecule is CCOc1ccc(C(=O)CCC(=O)NNC(=O)COc2ccccc2Cl)cc1. The number of hydrazine groups is 1. The van der Waals surface area contributed by atoms with Crippen molar-refractivity contribution in [2.75, 3.05) is 13.2 Å². The van der Waals surface area contributed by atoms with E-state index in [-0.39, 0.29) is 25.2 Å². The van der Waals surface area contributed by atoms with E-state index in [1.165, 1.54) is 0 Å². The Balaban J connectivity index is 1.68. The van der Waals surface area contributed by atoms with E-state index in [0.29, 0.717) is 28.7 Å². The molecule has 0 aliphatic rings. The Morgan fingerprint density at radius 2 is 1.57 bits per heavy atom. The molecule has 8 heteroatoms. The lowest BCUT2D eigenvalue weighted by molar-refractivity contribution is -0.130. The molecule has 0 spiro atoms. The highest BCUT2D eigenvalue weighted by Crippen LogP contribution is 2.22. The average molecular weight is 405 g/mol. The molecule has 0 aliphatic heterocycles. The number of carbonyl (C=O) groups excluding carboxylic acids is 3. The third-order valence-electron chi connectivity index (χ3n) is 3.60. The number of para-hydroxylation sites is 1. The Kier molecular flexibility index (Phi) is 8.30. The van der Waals surface area contributed by atoms with E-state index in [2.05, 4.69) is 10.9 Å². The molecule has 0 unspecified atom stereocenters. The van der Waals surface area contributed by atoms with E-state index in [9.17, 15) is 14.4 Å². The third-order valence-corrected chi connectivity index (χ3v) is 3.92. The number of nitrogens with one attached hydrogen (secondary N) is 2. The van der Waals surface area contributed by atoms with Crippen LogP contribution in [0.15, 0.2) is 48.5 Å². The highest BCUT2D eigenvalue weighted by atomic mass is 35.5. The molecule has 2 N–H and O–H groups in total. The fourth-order valence-electron chi connectivity index (χ4n) is 2.22. The van der Waals surface area contributed by atoms with Gasteiger partial charge >= 0.3 is 0 Å². The van der Waals surface area contributed by atoms with Gasteiger partial charge in [-0.25, -0.2) is 0 Å². The first-order valence-electron chi connectivity index (χ1n) is 8.70. The summed E-state index contributed by atoms with van der Waals surface area (Å²) >= 11 is 5.92. The fraction of sp³-hybridized carbons (Fsp3) is 0.250. The Hall–Kier alpha value is -3.06. The van der Waals surface area contributed by atoms with Gasteiger partial charge in [0.15, 0.2) is 12.4 Å². The molecule has 2 aromatic carbocycles. The van der Waals surface area contributed by atoms with Crippen LogP contribution in [0.3, 0.4) is 0 Å². The van der Waals surface area contributed by atoms with Crippen molar-refractivity contribution in [2.24, 2.45) is 0 Å². The molecule has 0 atom stereocenters. The second-order valence-corrected chi connectivity index (χ2v) is 6.10. The smallest absolute Gasteiger partial charge is 0.276 e. The number of ketones is 1. The number of benzene rings is 2. The molecule has 0 aliphatic carbocycles. The molecule has 0 heterocycles. The van der Waals surface area contributed by atoms with Crippen molar-refractivity contribution >= 4 is 29.2 Å². The van der Waals surface area contributed by atoms with E-state index in [0.717, 1.165) is 0 Å². The van der Waals surface area contributed by atoms with Gasteiger partial charge in [-0.15, -0.1) is 0 Å². The maximum atomic E-state index is 12.1. The normalized spacial score (nSPS) is 10.1. The quantitative estimate of drug-likeness (QED) is 0.495. The van der Waals surface area contributed by atoms with Crippen LogP contribution in [0.1, 0.15) is 30.1 Å². The first kappa shape index (κ1) is 21.2. The number of rotatable bonds is 9. The zero-order valence-electron chi connectivity index (χ0n) is 15.4. The first-order valence-corrected chi connectivity index (χ1v) is 9.08. The molecule has 0 fully saturated rings. The summed E-state index contributed by atoms with van der Waals surface area (Å²) in [7, 11) is 0. The van der Waals surface area contributed by atoms with Crippen LogP contribution < -0.4 is 20.3 Å². The van der Waals surface area contributed by atoms with Crippen LogP contribution in [0.25, 0.3) is 0 Å². The van der Waals surface area contributed by atoms with Crippen molar-refractivity contribution in [1.82, 2.24) is 10.9 Å². The molecule has 0 radical (unpaired) electrons. The molecule has 0 saturated heterocycles. The number of carbonyl (C=O) groups is 3. The Bertz CT molecular complexity index is 824. The highest BCUT2D eigenvalue weighted by Gasteiger charge is 2.11. The Labute approximate surface area is 167 Å². The maximum absolute atomic E-state index is 12.1. The van der Waals surface area contributed by atoms with E-state index in [1.807, 2.05) is 6.92 Å². The van der Waals surface area contributed by atoms with Gasteiger partial charge in [-0.2, -0.15) is 0 Å². The molecule has 7 nitrogen and oxygen atoms in total. The van der Waals surface area contributed by atoms with Gasteiger partial charge in [0.1, 0.15) is 11.5 Å². The van der Waals surface area contributed by atoms with Gasteiger partial charge in [-0.1, -0.05) is 23.7 Å². The summed E-state index contributed by atoms with van der Waals surface area (Å²) in [5.41, 5.74) is 4.96. The minimum atomic E-state index is -0.550. The predicted octanol–water partition coefficient (Wildman–Crippen LogP) is 2.93. The third kappa shape index (κ3) is 6.92. The number of ether oxygens (including phenoxy) is 2. The summed E-state index contributed by atoms with van der Waals surface area (Å²) in [6, 6.07) is 13.4. The summed E-state index contributed by atoms with van der Waals surface area (Å²) in [4.78, 5) is 35.6. The van der Waals surface area contributed by atoms with Crippen LogP contribution in [0, 0.1) is 0 Å². The van der Waals surface area contributed by atoms with E-state index >= 15 is 0 Å². The minimum Gasteiger partial charge on any atom is -0.494 e. The Morgan fingerprint density at radius 1 is 0.893 bits per heavy atom. The van der Waals surface area contributed by atoms with Gasteiger partial charge in [-0.05, 0) is 43.3 Å². The molecule has 0 bridgehead atoms. The number of Topliss-reactive ketones (excluding diaryl/α,β-unsaturated/α-hetero) is 1. The van der Waals surface area contributed by atoms with Crippen LogP contribution in [0.4, 0.5) is 0 Å². The number of amides is 2. The van der Waals surface area contributed by atoms with Gasteiger partial charge in [0.05, 0.1) is 11.6 Å². The number of halogens is 1. The van der Waals surface area contributed by atoms with Crippen LogP contribution in [0.5, 0.6) is 11.5 Å². The van der Waals surface area contributed by atoms with Crippen molar-refractivity contribution in [1.29, 1.82) is 0 Å². The zero-order chi connectivity index (χ0) is 20.4. The van der Waals surface area contributed by atoms with Gasteiger partial charge in [0.25, 0.3) is 5.91 Å². The molecule has 148 valence electrons. The zero-order valence-corrected chi connectivity index (χ0v) is 16.1. The second kappa shape index (κ2) is 10.9.